The van der Waals surface area contributed by atoms with E-state index in [2.05, 4.69) is 15.9 Å². The fourth-order valence-electron chi connectivity index (χ4n) is 1.58. The number of phenolic OH excluding ortho intramolecular Hbond substituents is 1. The second-order valence-corrected chi connectivity index (χ2v) is 4.47. The summed E-state index contributed by atoms with van der Waals surface area (Å²) in [5.41, 5.74) is 7.34. The highest BCUT2D eigenvalue weighted by atomic mass is 79.9. The van der Waals surface area contributed by atoms with Gasteiger partial charge in [0.15, 0.2) is 11.5 Å². The standard InChI is InChI=1S/C11H16BrNO3/c1-6-10(12)7(3-8(13)5-14)4-9(15)11(6)16-2/h4,8,14-15H,3,5,13H2,1-2H3/t8-/m0/s1. The summed E-state index contributed by atoms with van der Waals surface area (Å²) in [7, 11) is 1.51. The number of phenols is 1. The molecule has 1 rings (SSSR count). The number of benzene rings is 1. The van der Waals surface area contributed by atoms with Crippen molar-refractivity contribution in [1.82, 2.24) is 0 Å². The largest absolute Gasteiger partial charge is 0.504 e. The van der Waals surface area contributed by atoms with Crippen LogP contribution in [0.15, 0.2) is 10.5 Å². The van der Waals surface area contributed by atoms with Crippen LogP contribution in [0, 0.1) is 6.92 Å². The number of hydrogen-bond acceptors (Lipinski definition) is 4. The second kappa shape index (κ2) is 5.52. The molecule has 4 N–H and O–H groups in total. The zero-order chi connectivity index (χ0) is 12.3. The maximum Gasteiger partial charge on any atom is 0.164 e. The zero-order valence-corrected chi connectivity index (χ0v) is 10.9. The van der Waals surface area contributed by atoms with Gasteiger partial charge in [-0.3, -0.25) is 0 Å². The molecule has 0 saturated heterocycles. The number of nitrogens with two attached hydrogens (primary N) is 1. The van der Waals surface area contributed by atoms with Crippen molar-refractivity contribution in [2.75, 3.05) is 13.7 Å². The predicted octanol–water partition coefficient (Wildman–Crippen LogP) is 1.33. The van der Waals surface area contributed by atoms with Crippen molar-refractivity contribution in [2.45, 2.75) is 19.4 Å². The van der Waals surface area contributed by atoms with E-state index in [1.54, 1.807) is 6.07 Å². The van der Waals surface area contributed by atoms with Crippen molar-refractivity contribution < 1.29 is 14.9 Å². The minimum Gasteiger partial charge on any atom is -0.504 e. The highest BCUT2D eigenvalue weighted by Crippen LogP contribution is 2.37. The lowest BCUT2D eigenvalue weighted by Crippen LogP contribution is -2.27. The average molecular weight is 290 g/mol. The van der Waals surface area contributed by atoms with E-state index in [1.165, 1.54) is 7.11 Å². The third kappa shape index (κ3) is 2.66. The molecule has 0 spiro atoms. The topological polar surface area (TPSA) is 75.7 Å². The van der Waals surface area contributed by atoms with Crippen LogP contribution in [-0.4, -0.2) is 30.0 Å². The first-order valence-corrected chi connectivity index (χ1v) is 5.71. The van der Waals surface area contributed by atoms with Gasteiger partial charge in [0.1, 0.15) is 0 Å². The SMILES string of the molecule is COc1c(O)cc(C[C@H](N)CO)c(Br)c1C. The third-order valence-corrected chi connectivity index (χ3v) is 3.52. The van der Waals surface area contributed by atoms with E-state index in [0.29, 0.717) is 12.2 Å². The molecule has 0 aliphatic heterocycles. The Bertz CT molecular complexity index is 382. The zero-order valence-electron chi connectivity index (χ0n) is 9.33. The lowest BCUT2D eigenvalue weighted by molar-refractivity contribution is 0.265. The Morgan fingerprint density at radius 2 is 2.19 bits per heavy atom. The lowest BCUT2D eigenvalue weighted by atomic mass is 10.0. The molecule has 5 heteroatoms. The van der Waals surface area contributed by atoms with Crippen LogP contribution < -0.4 is 10.5 Å². The minimum absolute atomic E-state index is 0.0850. The van der Waals surface area contributed by atoms with E-state index in [-0.39, 0.29) is 18.4 Å². The molecular weight excluding hydrogens is 274 g/mol. The number of aliphatic hydroxyl groups excluding tert-OH is 1. The summed E-state index contributed by atoms with van der Waals surface area (Å²) in [5, 5.41) is 18.6. The van der Waals surface area contributed by atoms with Gasteiger partial charge in [-0.15, -0.1) is 0 Å². The first kappa shape index (κ1) is 13.3. The van der Waals surface area contributed by atoms with Crippen molar-refractivity contribution in [3.63, 3.8) is 0 Å². The number of aliphatic hydroxyl groups is 1. The highest BCUT2D eigenvalue weighted by molar-refractivity contribution is 9.10. The summed E-state index contributed by atoms with van der Waals surface area (Å²) in [6.45, 7) is 1.76. The third-order valence-electron chi connectivity index (χ3n) is 2.42. The molecule has 0 aromatic heterocycles. The van der Waals surface area contributed by atoms with Crippen molar-refractivity contribution in [3.8, 4) is 11.5 Å². The number of rotatable bonds is 4. The number of hydrogen-bond donors (Lipinski definition) is 3. The van der Waals surface area contributed by atoms with Crippen LogP contribution in [0.5, 0.6) is 11.5 Å². The van der Waals surface area contributed by atoms with Gasteiger partial charge in [0.2, 0.25) is 0 Å². The summed E-state index contributed by atoms with van der Waals surface area (Å²) in [5.74, 6) is 0.538. The van der Waals surface area contributed by atoms with Gasteiger partial charge in [-0.25, -0.2) is 0 Å². The molecule has 1 aromatic rings. The monoisotopic (exact) mass is 289 g/mol. The maximum atomic E-state index is 9.73. The van der Waals surface area contributed by atoms with E-state index in [1.807, 2.05) is 6.92 Å². The van der Waals surface area contributed by atoms with Gasteiger partial charge in [-0.05, 0) is 25.0 Å². The Hall–Kier alpha value is -0.780. The fraction of sp³-hybridized carbons (Fsp3) is 0.455. The van der Waals surface area contributed by atoms with Crippen molar-refractivity contribution >= 4 is 15.9 Å². The molecular formula is C11H16BrNO3. The highest BCUT2D eigenvalue weighted by Gasteiger charge is 2.15. The fourth-order valence-corrected chi connectivity index (χ4v) is 2.04. The van der Waals surface area contributed by atoms with Crippen LogP contribution in [0.3, 0.4) is 0 Å². The summed E-state index contributed by atoms with van der Waals surface area (Å²) >= 11 is 3.44. The molecule has 1 aromatic carbocycles. The lowest BCUT2D eigenvalue weighted by Gasteiger charge is -2.15. The van der Waals surface area contributed by atoms with Gasteiger partial charge in [0.25, 0.3) is 0 Å². The summed E-state index contributed by atoms with van der Waals surface area (Å²) in [4.78, 5) is 0. The molecule has 90 valence electrons. The summed E-state index contributed by atoms with van der Waals surface area (Å²) < 4.78 is 5.94. The molecule has 0 amide bonds. The molecule has 0 aliphatic rings. The molecule has 0 unspecified atom stereocenters. The number of aromatic hydroxyl groups is 1. The van der Waals surface area contributed by atoms with Crippen LogP contribution in [0.2, 0.25) is 0 Å². The van der Waals surface area contributed by atoms with Gasteiger partial charge < -0.3 is 20.7 Å². The van der Waals surface area contributed by atoms with E-state index in [4.69, 9.17) is 15.6 Å². The Labute approximate surface area is 103 Å². The molecule has 0 bridgehead atoms. The molecule has 1 atom stereocenters. The minimum atomic E-state index is -0.330. The first-order valence-electron chi connectivity index (χ1n) is 4.92. The van der Waals surface area contributed by atoms with Crippen LogP contribution in [0.1, 0.15) is 11.1 Å². The molecule has 16 heavy (non-hydrogen) atoms. The van der Waals surface area contributed by atoms with E-state index in [9.17, 15) is 5.11 Å². The van der Waals surface area contributed by atoms with Crippen LogP contribution in [0.4, 0.5) is 0 Å². The summed E-state index contributed by atoms with van der Waals surface area (Å²) in [6, 6.07) is 1.27. The Morgan fingerprint density at radius 3 is 2.69 bits per heavy atom. The Balaban J connectivity index is 3.13. The number of methoxy groups -OCH3 is 1. The van der Waals surface area contributed by atoms with Crippen LogP contribution in [-0.2, 0) is 6.42 Å². The molecule has 0 aliphatic carbocycles. The average Bonchev–Trinajstić information content (AvgIpc) is 2.26. The Kier molecular flexibility index (Phi) is 4.58. The molecule has 0 saturated carbocycles. The normalized spacial score (nSPS) is 12.6. The Morgan fingerprint density at radius 1 is 1.56 bits per heavy atom. The van der Waals surface area contributed by atoms with Gasteiger partial charge in [0.05, 0.1) is 13.7 Å². The summed E-state index contributed by atoms with van der Waals surface area (Å²) in [6.07, 6.45) is 0.496. The molecule has 4 nitrogen and oxygen atoms in total. The van der Waals surface area contributed by atoms with Gasteiger partial charge in [-0.2, -0.15) is 0 Å². The smallest absolute Gasteiger partial charge is 0.164 e. The van der Waals surface area contributed by atoms with Crippen molar-refractivity contribution in [1.29, 1.82) is 0 Å². The number of halogens is 1. The van der Waals surface area contributed by atoms with Gasteiger partial charge in [0, 0.05) is 16.1 Å². The van der Waals surface area contributed by atoms with E-state index >= 15 is 0 Å². The first-order chi connectivity index (χ1) is 7.51. The second-order valence-electron chi connectivity index (χ2n) is 3.67. The van der Waals surface area contributed by atoms with E-state index < -0.39 is 0 Å². The van der Waals surface area contributed by atoms with Gasteiger partial charge >= 0.3 is 0 Å². The molecule has 0 heterocycles. The molecule has 0 radical (unpaired) electrons. The van der Waals surface area contributed by atoms with E-state index in [0.717, 1.165) is 15.6 Å². The van der Waals surface area contributed by atoms with Crippen molar-refractivity contribution in [2.24, 2.45) is 5.73 Å². The van der Waals surface area contributed by atoms with Crippen LogP contribution in [0.25, 0.3) is 0 Å². The van der Waals surface area contributed by atoms with Gasteiger partial charge in [-0.1, -0.05) is 15.9 Å². The van der Waals surface area contributed by atoms with Crippen LogP contribution >= 0.6 is 15.9 Å². The predicted molar refractivity (Wildman–Crippen MR) is 65.9 cm³/mol. The maximum absolute atomic E-state index is 9.73. The van der Waals surface area contributed by atoms with Crippen molar-refractivity contribution in [3.05, 3.63) is 21.7 Å². The quantitative estimate of drug-likeness (QED) is 0.782. The number of ether oxygens (including phenoxy) is 1. The molecule has 0 fully saturated rings.